The number of carboxylic acids is 1. The number of phosphoric ester groups is 1. The average Bonchev–Trinajstić information content (AvgIpc) is 3.13. The lowest BCUT2D eigenvalue weighted by molar-refractivity contribution is -0.161. The minimum atomic E-state index is -4.72. The number of hydrogen-bond acceptors (Lipinski definition) is 9. The molecule has 0 aliphatic carbocycles. The molecule has 0 fully saturated rings. The maximum atomic E-state index is 12.6. The van der Waals surface area contributed by atoms with E-state index in [4.69, 9.17) is 24.8 Å². The van der Waals surface area contributed by atoms with Crippen LogP contribution in [0.3, 0.4) is 0 Å². The van der Waals surface area contributed by atoms with Crippen LogP contribution in [0.4, 0.5) is 0 Å². The van der Waals surface area contributed by atoms with Crippen LogP contribution in [-0.4, -0.2) is 59.9 Å². The Bertz CT molecular complexity index is 1050. The molecule has 0 rings (SSSR count). The Kier molecular flexibility index (Phi) is 35.1. The molecule has 0 aliphatic heterocycles. The minimum Gasteiger partial charge on any atom is -0.480 e. The van der Waals surface area contributed by atoms with E-state index in [1.807, 2.05) is 0 Å². The zero-order chi connectivity index (χ0) is 39.3. The van der Waals surface area contributed by atoms with E-state index in [-0.39, 0.29) is 19.4 Å². The Morgan fingerprint density at radius 2 is 1.06 bits per heavy atom. The lowest BCUT2D eigenvalue weighted by atomic mass is 10.0. The van der Waals surface area contributed by atoms with Gasteiger partial charge < -0.3 is 25.2 Å². The number of unbranched alkanes of at least 4 members (excludes halogenated alkanes) is 18. The monoisotopic (exact) mass is 772 g/mol. The van der Waals surface area contributed by atoms with Crippen molar-refractivity contribution in [3.8, 4) is 0 Å². The van der Waals surface area contributed by atoms with Crippen LogP contribution in [0.2, 0.25) is 0 Å². The van der Waals surface area contributed by atoms with E-state index < -0.39 is 51.1 Å². The molecule has 11 nitrogen and oxygen atoms in total. The van der Waals surface area contributed by atoms with Crippen molar-refractivity contribution in [1.29, 1.82) is 0 Å². The molecule has 0 saturated carbocycles. The van der Waals surface area contributed by atoms with Gasteiger partial charge in [-0.25, -0.2) is 4.57 Å². The predicted molar refractivity (Wildman–Crippen MR) is 212 cm³/mol. The largest absolute Gasteiger partial charge is 0.480 e. The van der Waals surface area contributed by atoms with Crippen molar-refractivity contribution in [2.24, 2.45) is 5.73 Å². The van der Waals surface area contributed by atoms with Gasteiger partial charge in [0, 0.05) is 12.8 Å². The molecule has 0 radical (unpaired) electrons. The molecular weight excluding hydrogens is 697 g/mol. The molecule has 4 N–H and O–H groups in total. The van der Waals surface area contributed by atoms with Gasteiger partial charge in [0.15, 0.2) is 6.10 Å². The van der Waals surface area contributed by atoms with Crippen LogP contribution >= 0.6 is 7.82 Å². The Hall–Kier alpha value is -2.30. The molecule has 3 atom stereocenters. The first-order chi connectivity index (χ1) is 25.6. The van der Waals surface area contributed by atoms with Gasteiger partial charge in [-0.1, -0.05) is 153 Å². The summed E-state index contributed by atoms with van der Waals surface area (Å²) in [6.07, 6.45) is 37.8. The van der Waals surface area contributed by atoms with Gasteiger partial charge in [-0.05, 0) is 44.9 Å². The molecule has 0 aromatic rings. The molecular formula is C41H74NO10P. The van der Waals surface area contributed by atoms with E-state index in [0.717, 1.165) is 70.6 Å². The zero-order valence-corrected chi connectivity index (χ0v) is 34.0. The highest BCUT2D eigenvalue weighted by atomic mass is 31.2. The fourth-order valence-electron chi connectivity index (χ4n) is 5.43. The van der Waals surface area contributed by atoms with Crippen molar-refractivity contribution in [2.75, 3.05) is 19.8 Å². The van der Waals surface area contributed by atoms with Gasteiger partial charge in [-0.3, -0.25) is 23.4 Å². The lowest BCUT2D eigenvalue weighted by Gasteiger charge is -2.20. The predicted octanol–water partition coefficient (Wildman–Crippen LogP) is 10.4. The van der Waals surface area contributed by atoms with Crippen molar-refractivity contribution in [2.45, 2.75) is 187 Å². The number of ether oxygens (including phenoxy) is 2. The Morgan fingerprint density at radius 3 is 1.58 bits per heavy atom. The van der Waals surface area contributed by atoms with Gasteiger partial charge in [0.25, 0.3) is 0 Å². The van der Waals surface area contributed by atoms with Crippen LogP contribution in [-0.2, 0) is 37.5 Å². The second-order valence-corrected chi connectivity index (χ2v) is 15.2. The van der Waals surface area contributed by atoms with Crippen LogP contribution in [0.15, 0.2) is 36.5 Å². The fraction of sp³-hybridized carbons (Fsp3) is 0.780. The van der Waals surface area contributed by atoms with Crippen LogP contribution in [0.5, 0.6) is 0 Å². The molecule has 12 heteroatoms. The molecule has 0 saturated heterocycles. The van der Waals surface area contributed by atoms with Crippen molar-refractivity contribution < 1.29 is 47.5 Å². The molecule has 0 heterocycles. The molecule has 0 bridgehead atoms. The Balaban J connectivity index is 4.42. The SMILES string of the molecule is CC/C=C\C/C=C\C/C=C\CCCCCCCC(=O)O[C@H](COC(=O)CCCCCCCCCCCCCCCC)COP(=O)(O)OC[C@H](N)C(=O)O. The second-order valence-electron chi connectivity index (χ2n) is 13.7. The topological polar surface area (TPSA) is 172 Å². The third kappa shape index (κ3) is 36.4. The van der Waals surface area contributed by atoms with Crippen molar-refractivity contribution >= 4 is 25.7 Å². The molecule has 1 unspecified atom stereocenters. The molecule has 0 aromatic heterocycles. The summed E-state index contributed by atoms with van der Waals surface area (Å²) >= 11 is 0. The highest BCUT2D eigenvalue weighted by Gasteiger charge is 2.28. The quantitative estimate of drug-likeness (QED) is 0.0236. The van der Waals surface area contributed by atoms with E-state index in [1.54, 1.807) is 0 Å². The molecule has 53 heavy (non-hydrogen) atoms. The number of aliphatic carboxylic acids is 1. The standard InChI is InChI=1S/C41H74NO10P/c1-3-5-7-9-11-13-15-17-19-21-23-25-27-29-31-33-40(44)52-37(35-50-53(47,48)51-36-38(42)41(45)46)34-49-39(43)32-30-28-26-24-22-20-18-16-14-12-10-8-6-4-2/h5,7,11,13,17,19,37-38H,3-4,6,8-10,12,14-16,18,20-36,42H2,1-2H3,(H,45,46)(H,47,48)/b7-5-,13-11-,19-17-/t37-,38+/m1/s1. The van der Waals surface area contributed by atoms with Gasteiger partial charge in [0.1, 0.15) is 12.6 Å². The van der Waals surface area contributed by atoms with E-state index >= 15 is 0 Å². The smallest absolute Gasteiger partial charge is 0.472 e. The summed E-state index contributed by atoms with van der Waals surface area (Å²) in [6, 6.07) is -1.52. The number of hydrogen-bond donors (Lipinski definition) is 3. The summed E-state index contributed by atoms with van der Waals surface area (Å²) in [4.78, 5) is 45.8. The van der Waals surface area contributed by atoms with Crippen molar-refractivity contribution in [3.63, 3.8) is 0 Å². The lowest BCUT2D eigenvalue weighted by Crippen LogP contribution is -2.34. The summed E-state index contributed by atoms with van der Waals surface area (Å²) < 4.78 is 32.6. The Labute approximate surface area is 321 Å². The zero-order valence-electron chi connectivity index (χ0n) is 33.1. The van der Waals surface area contributed by atoms with E-state index in [1.165, 1.54) is 64.2 Å². The summed E-state index contributed by atoms with van der Waals surface area (Å²) in [5, 5.41) is 8.87. The van der Waals surface area contributed by atoms with Gasteiger partial charge >= 0.3 is 25.7 Å². The van der Waals surface area contributed by atoms with Crippen molar-refractivity contribution in [3.05, 3.63) is 36.5 Å². The number of esters is 2. The summed E-state index contributed by atoms with van der Waals surface area (Å²) in [6.45, 7) is 2.67. The number of rotatable bonds is 38. The number of phosphoric acid groups is 1. The molecule has 0 aromatic carbocycles. The summed E-state index contributed by atoms with van der Waals surface area (Å²) in [5.41, 5.74) is 5.32. The Morgan fingerprint density at radius 1 is 0.604 bits per heavy atom. The first kappa shape index (κ1) is 50.7. The van der Waals surface area contributed by atoms with Gasteiger partial charge in [0.05, 0.1) is 13.2 Å². The maximum Gasteiger partial charge on any atom is 0.472 e. The van der Waals surface area contributed by atoms with E-state index in [0.29, 0.717) is 12.8 Å². The number of nitrogens with two attached hydrogens (primary N) is 1. The normalized spacial score (nSPS) is 14.2. The van der Waals surface area contributed by atoms with Gasteiger partial charge in [0.2, 0.25) is 0 Å². The number of carbonyl (C=O) groups excluding carboxylic acids is 2. The fourth-order valence-corrected chi connectivity index (χ4v) is 6.21. The van der Waals surface area contributed by atoms with Gasteiger partial charge in [-0.2, -0.15) is 0 Å². The number of carbonyl (C=O) groups is 3. The summed E-state index contributed by atoms with van der Waals surface area (Å²) in [7, 11) is -4.72. The van der Waals surface area contributed by atoms with Crippen LogP contribution < -0.4 is 5.73 Å². The van der Waals surface area contributed by atoms with Gasteiger partial charge in [-0.15, -0.1) is 0 Å². The number of allylic oxidation sites excluding steroid dienone is 6. The van der Waals surface area contributed by atoms with Crippen molar-refractivity contribution in [1.82, 2.24) is 0 Å². The second kappa shape index (κ2) is 36.7. The molecule has 0 spiro atoms. The molecule has 0 aliphatic rings. The van der Waals surface area contributed by atoms with Crippen LogP contribution in [0.25, 0.3) is 0 Å². The third-order valence-electron chi connectivity index (χ3n) is 8.65. The van der Waals surface area contributed by atoms with Crippen LogP contribution in [0.1, 0.15) is 174 Å². The average molecular weight is 772 g/mol. The minimum absolute atomic E-state index is 0.143. The summed E-state index contributed by atoms with van der Waals surface area (Å²) in [5.74, 6) is -2.40. The van der Waals surface area contributed by atoms with E-state index in [9.17, 15) is 23.8 Å². The van der Waals surface area contributed by atoms with E-state index in [2.05, 4.69) is 54.8 Å². The highest BCUT2D eigenvalue weighted by Crippen LogP contribution is 2.43. The third-order valence-corrected chi connectivity index (χ3v) is 9.60. The number of carboxylic acid groups (broad SMARTS) is 1. The molecule has 308 valence electrons. The maximum absolute atomic E-state index is 12.6. The first-order valence-electron chi connectivity index (χ1n) is 20.5. The first-order valence-corrected chi connectivity index (χ1v) is 22.0. The highest BCUT2D eigenvalue weighted by molar-refractivity contribution is 7.47. The molecule has 0 amide bonds. The van der Waals surface area contributed by atoms with Crippen LogP contribution in [0, 0.1) is 0 Å².